The lowest BCUT2D eigenvalue weighted by atomic mass is 9.78. The number of halogens is 1. The molecule has 0 radical (unpaired) electrons. The number of rotatable bonds is 8. The zero-order chi connectivity index (χ0) is 22.3. The topological polar surface area (TPSA) is 9.23 Å². The van der Waals surface area contributed by atoms with Crippen LogP contribution in [0.2, 0.25) is 0 Å². The smallest absolute Gasteiger partial charge is 0.131 e. The Balaban J connectivity index is 1.43. The zero-order valence-electron chi connectivity index (χ0n) is 18.6. The average Bonchev–Trinajstić information content (AvgIpc) is 2.85. The van der Waals surface area contributed by atoms with E-state index in [-0.39, 0.29) is 5.82 Å². The van der Waals surface area contributed by atoms with Crippen LogP contribution < -0.4 is 0 Å². The molecule has 164 valence electrons. The van der Waals surface area contributed by atoms with Crippen molar-refractivity contribution in [2.75, 3.05) is 6.61 Å². The van der Waals surface area contributed by atoms with Gasteiger partial charge in [0.15, 0.2) is 0 Å². The molecule has 0 unspecified atom stereocenters. The van der Waals surface area contributed by atoms with Crippen LogP contribution in [0.5, 0.6) is 0 Å². The van der Waals surface area contributed by atoms with Gasteiger partial charge in [-0.05, 0) is 71.4 Å². The van der Waals surface area contributed by atoms with Crippen molar-refractivity contribution < 1.29 is 9.13 Å². The summed E-state index contributed by atoms with van der Waals surface area (Å²) >= 11 is 0. The Morgan fingerprint density at radius 3 is 2.03 bits per heavy atom. The van der Waals surface area contributed by atoms with Gasteiger partial charge >= 0.3 is 0 Å². The molecule has 0 atom stereocenters. The minimum absolute atomic E-state index is 0.229. The zero-order valence-corrected chi connectivity index (χ0v) is 18.6. The van der Waals surface area contributed by atoms with E-state index >= 15 is 0 Å². The van der Waals surface area contributed by atoms with Crippen molar-refractivity contribution in [3.63, 3.8) is 0 Å². The number of ether oxygens (including phenoxy) is 1. The quantitative estimate of drug-likeness (QED) is 0.260. The van der Waals surface area contributed by atoms with Crippen molar-refractivity contribution in [3.05, 3.63) is 109 Å². The fourth-order valence-corrected chi connectivity index (χ4v) is 4.62. The molecule has 1 nitrogen and oxygen atoms in total. The number of hydrogen-bond donors (Lipinski definition) is 0. The average molecular weight is 427 g/mol. The molecule has 1 fully saturated rings. The third-order valence-electron chi connectivity index (χ3n) is 6.55. The summed E-state index contributed by atoms with van der Waals surface area (Å²) in [5.74, 6) is 1.12. The molecule has 0 amide bonds. The van der Waals surface area contributed by atoms with Crippen LogP contribution in [0, 0.1) is 11.7 Å². The molecule has 3 aromatic rings. The highest BCUT2D eigenvalue weighted by atomic mass is 19.1. The van der Waals surface area contributed by atoms with E-state index < -0.39 is 0 Å². The van der Waals surface area contributed by atoms with E-state index in [1.165, 1.54) is 36.8 Å². The van der Waals surface area contributed by atoms with Crippen LogP contribution in [-0.2, 0) is 11.3 Å². The highest BCUT2D eigenvalue weighted by Crippen LogP contribution is 2.37. The molecule has 1 aliphatic carbocycles. The Morgan fingerprint density at radius 2 is 1.44 bits per heavy atom. The Morgan fingerprint density at radius 1 is 0.812 bits per heavy atom. The SMILES string of the molecule is C=CCOCc1ccc(-c2ccc(-c3ccc(C4CCC(C=C)CC4)cc3)cc2)c(F)c1. The number of benzene rings is 3. The third-order valence-corrected chi connectivity index (χ3v) is 6.55. The number of allylic oxidation sites excluding steroid dienone is 1. The Kier molecular flexibility index (Phi) is 7.34. The lowest BCUT2D eigenvalue weighted by Gasteiger charge is -2.27. The van der Waals surface area contributed by atoms with Crippen molar-refractivity contribution in [3.8, 4) is 22.3 Å². The standard InChI is InChI=1S/C30H31FO/c1-3-19-32-21-23-7-18-29(30(31)20-23)28-16-14-27(15-17-28)26-12-10-25(11-13-26)24-8-5-22(4-2)6-9-24/h3-4,7,10-18,20,22,24H,1-2,5-6,8-9,19,21H2. The minimum Gasteiger partial charge on any atom is -0.373 e. The highest BCUT2D eigenvalue weighted by Gasteiger charge is 2.20. The summed E-state index contributed by atoms with van der Waals surface area (Å²) in [6.07, 6.45) is 8.79. The fourth-order valence-electron chi connectivity index (χ4n) is 4.62. The largest absolute Gasteiger partial charge is 0.373 e. The van der Waals surface area contributed by atoms with Crippen LogP contribution >= 0.6 is 0 Å². The van der Waals surface area contributed by atoms with Gasteiger partial charge < -0.3 is 4.74 Å². The van der Waals surface area contributed by atoms with Crippen molar-refractivity contribution in [1.29, 1.82) is 0 Å². The van der Waals surface area contributed by atoms with Crippen molar-refractivity contribution in [2.45, 2.75) is 38.2 Å². The van der Waals surface area contributed by atoms with E-state index in [2.05, 4.69) is 55.6 Å². The van der Waals surface area contributed by atoms with Crippen molar-refractivity contribution in [2.24, 2.45) is 5.92 Å². The van der Waals surface area contributed by atoms with Gasteiger partial charge in [0.25, 0.3) is 0 Å². The van der Waals surface area contributed by atoms with Gasteiger partial charge in [0, 0.05) is 5.56 Å². The maximum Gasteiger partial charge on any atom is 0.131 e. The molecule has 1 aliphatic rings. The van der Waals surface area contributed by atoms with Gasteiger partial charge in [-0.25, -0.2) is 4.39 Å². The van der Waals surface area contributed by atoms with Gasteiger partial charge in [0.05, 0.1) is 13.2 Å². The first-order valence-corrected chi connectivity index (χ1v) is 11.5. The van der Waals surface area contributed by atoms with Gasteiger partial charge in [-0.1, -0.05) is 72.8 Å². The van der Waals surface area contributed by atoms with E-state index in [0.29, 0.717) is 30.6 Å². The van der Waals surface area contributed by atoms with E-state index in [4.69, 9.17) is 4.74 Å². The second-order valence-electron chi connectivity index (χ2n) is 8.66. The maximum atomic E-state index is 14.7. The predicted octanol–water partition coefficient (Wildman–Crippen LogP) is 8.32. The predicted molar refractivity (Wildman–Crippen MR) is 132 cm³/mol. The van der Waals surface area contributed by atoms with Gasteiger partial charge in [-0.3, -0.25) is 0 Å². The monoisotopic (exact) mass is 426 g/mol. The van der Waals surface area contributed by atoms with E-state index in [1.807, 2.05) is 24.3 Å². The van der Waals surface area contributed by atoms with Crippen LogP contribution in [0.25, 0.3) is 22.3 Å². The Bertz CT molecular complexity index is 1040. The van der Waals surface area contributed by atoms with Gasteiger partial charge in [-0.15, -0.1) is 13.2 Å². The van der Waals surface area contributed by atoms with Crippen LogP contribution in [0.15, 0.2) is 92.0 Å². The number of hydrogen-bond acceptors (Lipinski definition) is 1. The molecule has 1 saturated carbocycles. The molecule has 0 N–H and O–H groups in total. The van der Waals surface area contributed by atoms with Crippen LogP contribution in [-0.4, -0.2) is 6.61 Å². The summed E-state index contributed by atoms with van der Waals surface area (Å²) in [5.41, 5.74) is 6.07. The molecule has 0 bridgehead atoms. The van der Waals surface area contributed by atoms with Crippen molar-refractivity contribution in [1.82, 2.24) is 0 Å². The molecule has 4 rings (SSSR count). The summed E-state index contributed by atoms with van der Waals surface area (Å²) < 4.78 is 20.1. The van der Waals surface area contributed by atoms with Crippen LogP contribution in [0.3, 0.4) is 0 Å². The third kappa shape index (κ3) is 5.26. The Labute approximate surface area is 191 Å². The summed E-state index contributed by atoms with van der Waals surface area (Å²) in [7, 11) is 0. The second kappa shape index (κ2) is 10.6. The molecule has 0 spiro atoms. The molecule has 3 aromatic carbocycles. The lowest BCUT2D eigenvalue weighted by molar-refractivity contribution is 0.148. The lowest BCUT2D eigenvalue weighted by Crippen LogP contribution is -2.11. The molecule has 0 aliphatic heterocycles. The van der Waals surface area contributed by atoms with Gasteiger partial charge in [0.1, 0.15) is 5.82 Å². The van der Waals surface area contributed by atoms with Crippen LogP contribution in [0.1, 0.15) is 42.7 Å². The highest BCUT2D eigenvalue weighted by molar-refractivity contribution is 5.71. The molecular weight excluding hydrogens is 395 g/mol. The van der Waals surface area contributed by atoms with E-state index in [0.717, 1.165) is 16.7 Å². The first-order chi connectivity index (χ1) is 15.7. The first kappa shape index (κ1) is 22.2. The van der Waals surface area contributed by atoms with Gasteiger partial charge in [-0.2, -0.15) is 0 Å². The molecule has 32 heavy (non-hydrogen) atoms. The molecular formula is C30H31FO. The van der Waals surface area contributed by atoms with E-state index in [1.54, 1.807) is 12.1 Å². The molecule has 0 heterocycles. The second-order valence-corrected chi connectivity index (χ2v) is 8.66. The summed E-state index contributed by atoms with van der Waals surface area (Å²) in [5, 5.41) is 0. The van der Waals surface area contributed by atoms with Crippen molar-refractivity contribution >= 4 is 0 Å². The molecule has 0 saturated heterocycles. The molecule has 2 heteroatoms. The summed E-state index contributed by atoms with van der Waals surface area (Å²) in [6.45, 7) is 8.41. The Hall–Kier alpha value is -2.97. The summed E-state index contributed by atoms with van der Waals surface area (Å²) in [4.78, 5) is 0. The van der Waals surface area contributed by atoms with Gasteiger partial charge in [0.2, 0.25) is 0 Å². The summed E-state index contributed by atoms with van der Waals surface area (Å²) in [6, 6.07) is 22.4. The first-order valence-electron chi connectivity index (χ1n) is 11.5. The molecule has 0 aromatic heterocycles. The maximum absolute atomic E-state index is 14.7. The van der Waals surface area contributed by atoms with Crippen LogP contribution in [0.4, 0.5) is 4.39 Å². The fraction of sp³-hybridized carbons (Fsp3) is 0.267. The van der Waals surface area contributed by atoms with E-state index in [9.17, 15) is 4.39 Å². The minimum atomic E-state index is -0.229. The normalized spacial score (nSPS) is 18.3.